The van der Waals surface area contributed by atoms with Gasteiger partial charge in [0.2, 0.25) is 5.82 Å². The quantitative estimate of drug-likeness (QED) is 0.373. The number of ether oxygens (including phenoxy) is 2. The van der Waals surface area contributed by atoms with Gasteiger partial charge in [-0.15, -0.1) is 0 Å². The molecule has 42 heavy (non-hydrogen) atoms. The van der Waals surface area contributed by atoms with Crippen LogP contribution in [0.5, 0.6) is 5.75 Å². The predicted molar refractivity (Wildman–Crippen MR) is 159 cm³/mol. The summed E-state index contributed by atoms with van der Waals surface area (Å²) in [5, 5.41) is 5.24. The molecule has 2 aromatic heterocycles. The average molecular weight is 593 g/mol. The maximum Gasteiger partial charge on any atom is 0.338 e. The Kier molecular flexibility index (Phi) is 7.59. The van der Waals surface area contributed by atoms with Crippen molar-refractivity contribution in [1.29, 1.82) is 0 Å². The summed E-state index contributed by atoms with van der Waals surface area (Å²) in [5.41, 5.74) is 7.47. The Morgan fingerprint density at radius 1 is 1.00 bits per heavy atom. The van der Waals surface area contributed by atoms with E-state index in [4.69, 9.17) is 19.6 Å². The number of aliphatic imine (C=N–C) groups is 2. The fourth-order valence-corrected chi connectivity index (χ4v) is 6.52. The van der Waals surface area contributed by atoms with Crippen LogP contribution >= 0.6 is 11.3 Å². The van der Waals surface area contributed by atoms with Crippen LogP contribution < -0.4 is 20.2 Å². The minimum Gasteiger partial charge on any atom is -0.492 e. The molecule has 3 aromatic rings. The first-order chi connectivity index (χ1) is 20.6. The lowest BCUT2D eigenvalue weighted by Gasteiger charge is -2.36. The Labute approximate surface area is 246 Å². The normalized spacial score (nSPS) is 21.0. The summed E-state index contributed by atoms with van der Waals surface area (Å²) in [7, 11) is 0. The summed E-state index contributed by atoms with van der Waals surface area (Å²) in [6.07, 6.45) is 1.01. The van der Waals surface area contributed by atoms with E-state index in [0.29, 0.717) is 41.4 Å². The Hall–Kier alpha value is -3.85. The lowest BCUT2D eigenvalue weighted by molar-refractivity contribution is -0.516. The number of anilines is 1. The standard InChI is InChI=1S/C28H34N9O4S/c29-23-25-31-24(22-2-1-16-41-22)32-37(25)27-26(30-23)36(28(38)42-27)12-9-33-7-10-35(11-8-33)20-3-5-21(6-4-20)40-19-15-34-13-17-39-18-14-34/h1-6,16,25H,7-15,17-19H2,(H2,29,30)/q+1. The highest BCUT2D eigenvalue weighted by atomic mass is 32.1. The van der Waals surface area contributed by atoms with E-state index in [-0.39, 0.29) is 4.87 Å². The van der Waals surface area contributed by atoms with Gasteiger partial charge in [-0.05, 0) is 52.4 Å². The number of benzene rings is 1. The molecule has 1 atom stereocenters. The first kappa shape index (κ1) is 27.0. The van der Waals surface area contributed by atoms with E-state index < -0.39 is 6.17 Å². The monoisotopic (exact) mass is 592 g/mol. The summed E-state index contributed by atoms with van der Waals surface area (Å²) >= 11 is 1.12. The lowest BCUT2D eigenvalue weighted by atomic mass is 10.2. The maximum absolute atomic E-state index is 13.0. The van der Waals surface area contributed by atoms with Crippen LogP contribution in [0.4, 0.5) is 16.5 Å². The molecule has 14 heteroatoms. The number of morpholine rings is 1. The van der Waals surface area contributed by atoms with Gasteiger partial charge in [-0.25, -0.2) is 4.99 Å². The molecule has 4 aliphatic rings. The third-order valence-electron chi connectivity index (χ3n) is 7.97. The number of amidine groups is 2. The van der Waals surface area contributed by atoms with E-state index in [2.05, 4.69) is 54.1 Å². The van der Waals surface area contributed by atoms with E-state index in [1.54, 1.807) is 27.7 Å². The van der Waals surface area contributed by atoms with Crippen LogP contribution in [0.2, 0.25) is 0 Å². The van der Waals surface area contributed by atoms with Crippen molar-refractivity contribution in [2.45, 2.75) is 12.7 Å². The van der Waals surface area contributed by atoms with Crippen molar-refractivity contribution in [3.63, 3.8) is 0 Å². The first-order valence-corrected chi connectivity index (χ1v) is 15.1. The first-order valence-electron chi connectivity index (χ1n) is 14.3. The number of fused-ring (bicyclic) bond motifs is 3. The van der Waals surface area contributed by atoms with E-state index in [9.17, 15) is 4.79 Å². The highest BCUT2D eigenvalue weighted by molar-refractivity contribution is 7.13. The van der Waals surface area contributed by atoms with E-state index in [1.165, 1.54) is 5.69 Å². The number of nitrogens with two attached hydrogens (primary N) is 1. The minimum atomic E-state index is -0.562. The van der Waals surface area contributed by atoms with Gasteiger partial charge in [0.15, 0.2) is 11.6 Å². The zero-order chi connectivity index (χ0) is 28.5. The van der Waals surface area contributed by atoms with Gasteiger partial charge in [-0.1, -0.05) is 0 Å². The van der Waals surface area contributed by atoms with Gasteiger partial charge in [0, 0.05) is 69.7 Å². The van der Waals surface area contributed by atoms with Gasteiger partial charge in [0.05, 0.1) is 19.5 Å². The number of aromatic nitrogens is 1. The molecule has 0 radical (unpaired) electrons. The summed E-state index contributed by atoms with van der Waals surface area (Å²) in [6.45, 7) is 10.1. The topological polar surface area (TPSA) is 129 Å². The van der Waals surface area contributed by atoms with Crippen LogP contribution in [0, 0.1) is 0 Å². The molecule has 2 N–H and O–H groups in total. The lowest BCUT2D eigenvalue weighted by Crippen LogP contribution is -2.47. The fourth-order valence-electron chi connectivity index (χ4n) is 5.58. The molecular weight excluding hydrogens is 558 g/mol. The third kappa shape index (κ3) is 5.50. The highest BCUT2D eigenvalue weighted by Crippen LogP contribution is 2.38. The summed E-state index contributed by atoms with van der Waals surface area (Å²) in [4.78, 5) is 29.2. The molecule has 2 fully saturated rings. The van der Waals surface area contributed by atoms with Gasteiger partial charge in [0.1, 0.15) is 12.4 Å². The van der Waals surface area contributed by atoms with E-state index in [1.807, 2.05) is 0 Å². The van der Waals surface area contributed by atoms with E-state index in [0.717, 1.165) is 82.7 Å². The number of hydrogen-bond acceptors (Lipinski definition) is 12. The second-order valence-corrected chi connectivity index (χ2v) is 11.5. The van der Waals surface area contributed by atoms with Crippen molar-refractivity contribution < 1.29 is 18.6 Å². The van der Waals surface area contributed by atoms with Crippen molar-refractivity contribution in [1.82, 2.24) is 14.4 Å². The van der Waals surface area contributed by atoms with Gasteiger partial charge in [0.25, 0.3) is 5.84 Å². The summed E-state index contributed by atoms with van der Waals surface area (Å²) in [6, 6.07) is 12.0. The Balaban J connectivity index is 0.922. The van der Waals surface area contributed by atoms with Gasteiger partial charge >= 0.3 is 16.0 Å². The zero-order valence-corrected chi connectivity index (χ0v) is 24.1. The van der Waals surface area contributed by atoms with Crippen LogP contribution in [0.25, 0.3) is 0 Å². The number of hydrogen-bond donors (Lipinski definition) is 1. The average Bonchev–Trinajstić information content (AvgIpc) is 3.77. The molecule has 1 aromatic carbocycles. The van der Waals surface area contributed by atoms with E-state index >= 15 is 0 Å². The molecule has 0 aliphatic carbocycles. The molecule has 0 amide bonds. The molecule has 0 spiro atoms. The largest absolute Gasteiger partial charge is 0.492 e. The molecule has 1 unspecified atom stereocenters. The molecule has 7 rings (SSSR count). The van der Waals surface area contributed by atoms with Crippen LogP contribution in [0.3, 0.4) is 0 Å². The third-order valence-corrected chi connectivity index (χ3v) is 8.93. The smallest absolute Gasteiger partial charge is 0.338 e. The molecule has 4 aliphatic heterocycles. The minimum absolute atomic E-state index is 0.0789. The van der Waals surface area contributed by atoms with Gasteiger partial charge in [-0.3, -0.25) is 19.2 Å². The van der Waals surface area contributed by atoms with Crippen LogP contribution in [0.15, 0.2) is 67.0 Å². The molecule has 6 heterocycles. The second kappa shape index (κ2) is 11.8. The highest BCUT2D eigenvalue weighted by Gasteiger charge is 2.44. The molecule has 0 bridgehead atoms. The molecule has 2 saturated heterocycles. The molecular formula is C28H34N9O4S+. The zero-order valence-electron chi connectivity index (χ0n) is 23.3. The Morgan fingerprint density at radius 3 is 2.55 bits per heavy atom. The van der Waals surface area contributed by atoms with Crippen LogP contribution in [-0.2, 0) is 11.3 Å². The number of thiazole rings is 1. The van der Waals surface area contributed by atoms with Crippen molar-refractivity contribution in [3.05, 3.63) is 58.1 Å². The van der Waals surface area contributed by atoms with Gasteiger partial charge < -0.3 is 24.5 Å². The Bertz CT molecular complexity index is 1550. The maximum atomic E-state index is 13.0. The number of nitrogens with zero attached hydrogens (tertiary/aromatic N) is 8. The predicted octanol–water partition coefficient (Wildman–Crippen LogP) is 1.92. The fraction of sp³-hybridized carbons (Fsp3) is 0.464. The number of azo groups is 2. The number of furan rings is 1. The second-order valence-electron chi connectivity index (χ2n) is 10.6. The SMILES string of the molecule is NC1=Nc2c(sc(=O)n2CCN2CCN(c3ccc(OCCN4CCOCC4)cc3)CC2)[N+]2=NC(c3ccco3)=NC12. The van der Waals surface area contributed by atoms with Crippen molar-refractivity contribution in [3.8, 4) is 5.75 Å². The number of piperazine rings is 1. The number of rotatable bonds is 9. The summed E-state index contributed by atoms with van der Waals surface area (Å²) in [5.74, 6) is 2.74. The Morgan fingerprint density at radius 2 is 1.79 bits per heavy atom. The van der Waals surface area contributed by atoms with Crippen LogP contribution in [0.1, 0.15) is 5.76 Å². The summed E-state index contributed by atoms with van der Waals surface area (Å²) < 4.78 is 20.2. The molecule has 220 valence electrons. The van der Waals surface area contributed by atoms with Crippen molar-refractivity contribution in [2.24, 2.45) is 20.8 Å². The van der Waals surface area contributed by atoms with Crippen LogP contribution in [-0.4, -0.2) is 109 Å². The van der Waals surface area contributed by atoms with Crippen molar-refractivity contribution >= 4 is 39.5 Å². The molecule has 0 saturated carbocycles. The van der Waals surface area contributed by atoms with Crippen molar-refractivity contribution in [2.75, 3.05) is 77.1 Å². The van der Waals surface area contributed by atoms with Gasteiger partial charge in [-0.2, -0.15) is 4.99 Å². The molecule has 13 nitrogen and oxygen atoms in total.